The molecular weight excluding hydrogens is 296 g/mol. The highest BCUT2D eigenvalue weighted by atomic mass is 35.5. The van der Waals surface area contributed by atoms with Crippen molar-refractivity contribution in [2.24, 2.45) is 5.92 Å². The lowest BCUT2D eigenvalue weighted by Gasteiger charge is -2.35. The first-order valence-corrected chi connectivity index (χ1v) is 8.00. The fourth-order valence-corrected chi connectivity index (χ4v) is 3.00. The van der Waals surface area contributed by atoms with Crippen LogP contribution in [-0.4, -0.2) is 24.5 Å². The van der Waals surface area contributed by atoms with Gasteiger partial charge in [0.2, 0.25) is 5.91 Å². The monoisotopic (exact) mass is 324 g/mol. The van der Waals surface area contributed by atoms with E-state index >= 15 is 0 Å². The first-order valence-electron chi connectivity index (χ1n) is 8.00. The van der Waals surface area contributed by atoms with Crippen molar-refractivity contribution in [1.29, 1.82) is 0 Å². The van der Waals surface area contributed by atoms with E-state index in [2.05, 4.69) is 62.6 Å². The third kappa shape index (κ3) is 4.47. The number of nitrogens with one attached hydrogen (secondary N) is 2. The number of hydrogen-bond donors (Lipinski definition) is 2. The molecule has 0 saturated carbocycles. The average molecular weight is 325 g/mol. The molecule has 0 bridgehead atoms. The number of carbonyl (C=O) groups is 1. The Kier molecular flexibility index (Phi) is 6.89. The Morgan fingerprint density at radius 3 is 2.55 bits per heavy atom. The van der Waals surface area contributed by atoms with Crippen molar-refractivity contribution in [1.82, 2.24) is 10.6 Å². The van der Waals surface area contributed by atoms with Gasteiger partial charge in [-0.1, -0.05) is 44.2 Å². The zero-order valence-electron chi connectivity index (χ0n) is 14.1. The van der Waals surface area contributed by atoms with Crippen LogP contribution in [0.15, 0.2) is 30.3 Å². The van der Waals surface area contributed by atoms with Crippen molar-refractivity contribution in [2.45, 2.75) is 58.0 Å². The molecular formula is C18H29ClN2O. The maximum atomic E-state index is 12.5. The number of piperidine rings is 1. The summed E-state index contributed by atoms with van der Waals surface area (Å²) >= 11 is 0. The maximum Gasteiger partial charge on any atom is 0.223 e. The first-order chi connectivity index (χ1) is 9.91. The molecule has 124 valence electrons. The molecule has 1 heterocycles. The molecule has 2 N–H and O–H groups in total. The van der Waals surface area contributed by atoms with Gasteiger partial charge in [0.1, 0.15) is 0 Å². The van der Waals surface area contributed by atoms with Gasteiger partial charge in [0.25, 0.3) is 0 Å². The molecule has 0 radical (unpaired) electrons. The quantitative estimate of drug-likeness (QED) is 0.892. The molecule has 1 aliphatic heterocycles. The predicted octanol–water partition coefficient (Wildman–Crippen LogP) is 3.28. The summed E-state index contributed by atoms with van der Waals surface area (Å²) in [5, 5.41) is 6.64. The zero-order valence-corrected chi connectivity index (χ0v) is 14.9. The van der Waals surface area contributed by atoms with Crippen LogP contribution in [0.2, 0.25) is 0 Å². The standard InChI is InChI=1S/C18H28N2O.ClH/c1-13-12-15(10-11-19-13)17(21)20-14(2)18(3,4)16-8-6-5-7-9-16;/h5-9,13-15,19H,10-12H2,1-4H3,(H,20,21);1H/t13-,14?,15-;/m0./s1. The lowest BCUT2D eigenvalue weighted by atomic mass is 9.78. The number of hydrogen-bond acceptors (Lipinski definition) is 2. The summed E-state index contributed by atoms with van der Waals surface area (Å²) in [6.07, 6.45) is 1.87. The van der Waals surface area contributed by atoms with Crippen molar-refractivity contribution in [2.75, 3.05) is 6.54 Å². The second-order valence-corrected chi connectivity index (χ2v) is 6.89. The molecule has 0 aromatic heterocycles. The Labute approximate surface area is 140 Å². The summed E-state index contributed by atoms with van der Waals surface area (Å²) in [5.41, 5.74) is 1.19. The van der Waals surface area contributed by atoms with Gasteiger partial charge in [-0.15, -0.1) is 12.4 Å². The Hall–Kier alpha value is -1.06. The van der Waals surface area contributed by atoms with Gasteiger partial charge < -0.3 is 10.6 Å². The van der Waals surface area contributed by atoms with Gasteiger partial charge in [-0.25, -0.2) is 0 Å². The van der Waals surface area contributed by atoms with Gasteiger partial charge >= 0.3 is 0 Å². The third-order valence-corrected chi connectivity index (χ3v) is 4.95. The molecule has 22 heavy (non-hydrogen) atoms. The van der Waals surface area contributed by atoms with E-state index in [-0.39, 0.29) is 35.7 Å². The zero-order chi connectivity index (χ0) is 15.5. The Morgan fingerprint density at radius 2 is 1.95 bits per heavy atom. The van der Waals surface area contributed by atoms with Crippen molar-refractivity contribution in [3.8, 4) is 0 Å². The van der Waals surface area contributed by atoms with E-state index in [4.69, 9.17) is 0 Å². The molecule has 0 aliphatic carbocycles. The van der Waals surface area contributed by atoms with Crippen LogP contribution in [0.4, 0.5) is 0 Å². The summed E-state index contributed by atoms with van der Waals surface area (Å²) in [7, 11) is 0. The topological polar surface area (TPSA) is 41.1 Å². The Morgan fingerprint density at radius 1 is 1.32 bits per heavy atom. The normalized spacial score (nSPS) is 23.3. The van der Waals surface area contributed by atoms with Gasteiger partial charge in [0.15, 0.2) is 0 Å². The van der Waals surface area contributed by atoms with Crippen LogP contribution in [-0.2, 0) is 10.2 Å². The van der Waals surface area contributed by atoms with Crippen molar-refractivity contribution >= 4 is 18.3 Å². The minimum absolute atomic E-state index is 0. The predicted molar refractivity (Wildman–Crippen MR) is 94.5 cm³/mol. The Balaban J connectivity index is 0.00000242. The average Bonchev–Trinajstić information content (AvgIpc) is 2.48. The van der Waals surface area contributed by atoms with Crippen LogP contribution in [0.5, 0.6) is 0 Å². The van der Waals surface area contributed by atoms with Crippen LogP contribution in [0, 0.1) is 5.92 Å². The SMILES string of the molecule is CC(NC(=O)[C@H]1CCN[C@@H](C)C1)C(C)(C)c1ccccc1.Cl. The second kappa shape index (κ2) is 7.98. The number of halogens is 1. The van der Waals surface area contributed by atoms with Gasteiger partial charge in [-0.3, -0.25) is 4.79 Å². The van der Waals surface area contributed by atoms with E-state index in [0.717, 1.165) is 19.4 Å². The molecule has 3 atom stereocenters. The molecule has 1 saturated heterocycles. The van der Waals surface area contributed by atoms with E-state index in [9.17, 15) is 4.79 Å². The van der Waals surface area contributed by atoms with Crippen LogP contribution >= 0.6 is 12.4 Å². The molecule has 4 heteroatoms. The minimum atomic E-state index is -0.0740. The third-order valence-electron chi connectivity index (χ3n) is 4.95. The second-order valence-electron chi connectivity index (χ2n) is 6.89. The van der Waals surface area contributed by atoms with Crippen LogP contribution < -0.4 is 10.6 Å². The lowest BCUT2D eigenvalue weighted by Crippen LogP contribution is -2.49. The van der Waals surface area contributed by atoms with E-state index in [0.29, 0.717) is 6.04 Å². The summed E-state index contributed by atoms with van der Waals surface area (Å²) in [6, 6.07) is 11.0. The van der Waals surface area contributed by atoms with E-state index in [1.54, 1.807) is 0 Å². The summed E-state index contributed by atoms with van der Waals surface area (Å²) in [6.45, 7) is 9.58. The highest BCUT2D eigenvalue weighted by molar-refractivity contribution is 5.85. The highest BCUT2D eigenvalue weighted by Crippen LogP contribution is 2.27. The van der Waals surface area contributed by atoms with Crippen LogP contribution in [0.3, 0.4) is 0 Å². The summed E-state index contributed by atoms with van der Waals surface area (Å²) in [5.74, 6) is 0.357. The largest absolute Gasteiger partial charge is 0.353 e. The molecule has 1 fully saturated rings. The lowest BCUT2D eigenvalue weighted by molar-refractivity contribution is -0.127. The number of carbonyl (C=O) groups excluding carboxylic acids is 1. The highest BCUT2D eigenvalue weighted by Gasteiger charge is 2.32. The Bertz CT molecular complexity index is 475. The van der Waals surface area contributed by atoms with Crippen molar-refractivity contribution < 1.29 is 4.79 Å². The maximum absolute atomic E-state index is 12.5. The summed E-state index contributed by atoms with van der Waals surface area (Å²) < 4.78 is 0. The summed E-state index contributed by atoms with van der Waals surface area (Å²) in [4.78, 5) is 12.5. The number of amides is 1. The fourth-order valence-electron chi connectivity index (χ4n) is 3.00. The smallest absolute Gasteiger partial charge is 0.223 e. The minimum Gasteiger partial charge on any atom is -0.353 e. The molecule has 0 spiro atoms. The first kappa shape index (κ1) is 19.0. The number of rotatable bonds is 4. The van der Waals surface area contributed by atoms with Gasteiger partial charge in [0, 0.05) is 23.4 Å². The molecule has 1 aromatic carbocycles. The van der Waals surface area contributed by atoms with E-state index in [1.165, 1.54) is 5.56 Å². The number of benzene rings is 1. The fraction of sp³-hybridized carbons (Fsp3) is 0.611. The molecule has 1 amide bonds. The van der Waals surface area contributed by atoms with Crippen molar-refractivity contribution in [3.05, 3.63) is 35.9 Å². The van der Waals surface area contributed by atoms with Crippen LogP contribution in [0.1, 0.15) is 46.1 Å². The molecule has 3 nitrogen and oxygen atoms in total. The van der Waals surface area contributed by atoms with Gasteiger partial charge in [-0.05, 0) is 38.8 Å². The van der Waals surface area contributed by atoms with E-state index in [1.807, 2.05) is 6.07 Å². The molecule has 1 unspecified atom stereocenters. The molecule has 2 rings (SSSR count). The van der Waals surface area contributed by atoms with E-state index < -0.39 is 0 Å². The molecule has 1 aliphatic rings. The van der Waals surface area contributed by atoms with Crippen LogP contribution in [0.25, 0.3) is 0 Å². The van der Waals surface area contributed by atoms with Gasteiger partial charge in [-0.2, -0.15) is 0 Å². The van der Waals surface area contributed by atoms with Gasteiger partial charge in [0.05, 0.1) is 0 Å². The van der Waals surface area contributed by atoms with Crippen molar-refractivity contribution in [3.63, 3.8) is 0 Å². The molecule has 1 aromatic rings.